The molecule has 4 nitrogen and oxygen atoms in total. The highest BCUT2D eigenvalue weighted by Gasteiger charge is 2.19. The lowest BCUT2D eigenvalue weighted by Gasteiger charge is -2.22. The van der Waals surface area contributed by atoms with Crippen LogP contribution in [0.3, 0.4) is 0 Å². The molecule has 1 aromatic rings. The van der Waals surface area contributed by atoms with E-state index in [0.717, 1.165) is 12.0 Å². The lowest BCUT2D eigenvalue weighted by molar-refractivity contribution is -0.117. The Kier molecular flexibility index (Phi) is 5.82. The number of hydrogen-bond acceptors (Lipinski definition) is 3. The molecular formula is C14H21NO3. The molecule has 18 heavy (non-hydrogen) atoms. The second kappa shape index (κ2) is 7.13. The number of aryl methyl sites for hydroxylation is 1. The zero-order valence-electron chi connectivity index (χ0n) is 11.4. The number of carbonyl (C=O) groups is 1. The van der Waals surface area contributed by atoms with Gasteiger partial charge in [-0.25, -0.2) is 0 Å². The normalized spacial score (nSPS) is 12.5. The molecule has 0 aromatic heterocycles. The van der Waals surface area contributed by atoms with Crippen molar-refractivity contribution < 1.29 is 14.3 Å². The molecule has 1 unspecified atom stereocenters. The van der Waals surface area contributed by atoms with Gasteiger partial charge in [-0.05, 0) is 25.0 Å². The fraction of sp³-hybridized carbons (Fsp3) is 0.500. The lowest BCUT2D eigenvalue weighted by atomic mass is 10.0. The summed E-state index contributed by atoms with van der Waals surface area (Å²) in [4.78, 5) is 12.1. The predicted octanol–water partition coefficient (Wildman–Crippen LogP) is 1.99. The number of nitrogens with one attached hydrogen (secondary N) is 1. The fourth-order valence-corrected chi connectivity index (χ4v) is 1.91. The maximum absolute atomic E-state index is 12.1. The highest BCUT2D eigenvalue weighted by atomic mass is 16.7. The summed E-state index contributed by atoms with van der Waals surface area (Å²) in [6.45, 7) is 3.88. The van der Waals surface area contributed by atoms with Crippen LogP contribution in [0.1, 0.15) is 29.8 Å². The van der Waals surface area contributed by atoms with Gasteiger partial charge in [0.1, 0.15) is 0 Å². The Bertz CT molecular complexity index is 388. The minimum Gasteiger partial charge on any atom is -0.354 e. The molecule has 1 amide bonds. The van der Waals surface area contributed by atoms with Crippen molar-refractivity contribution in [3.8, 4) is 0 Å². The van der Waals surface area contributed by atoms with Crippen molar-refractivity contribution in [3.05, 3.63) is 35.4 Å². The van der Waals surface area contributed by atoms with Crippen molar-refractivity contribution in [2.24, 2.45) is 0 Å². The minimum atomic E-state index is -0.442. The van der Waals surface area contributed by atoms with Crippen LogP contribution in [-0.4, -0.2) is 32.5 Å². The first-order valence-electron chi connectivity index (χ1n) is 6.08. The van der Waals surface area contributed by atoms with E-state index in [-0.39, 0.29) is 11.9 Å². The van der Waals surface area contributed by atoms with Crippen LogP contribution in [0.4, 0.5) is 0 Å². The monoisotopic (exact) mass is 251 g/mol. The van der Waals surface area contributed by atoms with Gasteiger partial charge in [0.25, 0.3) is 5.91 Å². The second-order valence-corrected chi connectivity index (χ2v) is 4.11. The van der Waals surface area contributed by atoms with Gasteiger partial charge in [0.2, 0.25) is 0 Å². The van der Waals surface area contributed by atoms with E-state index in [2.05, 4.69) is 5.32 Å². The average molecular weight is 251 g/mol. The number of ether oxygens (including phenoxy) is 2. The van der Waals surface area contributed by atoms with Crippen LogP contribution in [0.25, 0.3) is 0 Å². The van der Waals surface area contributed by atoms with Gasteiger partial charge in [-0.15, -0.1) is 0 Å². The zero-order valence-corrected chi connectivity index (χ0v) is 11.4. The van der Waals surface area contributed by atoms with Gasteiger partial charge in [0.15, 0.2) is 6.29 Å². The third-order valence-corrected chi connectivity index (χ3v) is 2.87. The van der Waals surface area contributed by atoms with E-state index in [1.807, 2.05) is 38.1 Å². The molecule has 1 N–H and O–H groups in total. The first-order valence-corrected chi connectivity index (χ1v) is 6.08. The van der Waals surface area contributed by atoms with Gasteiger partial charge in [-0.2, -0.15) is 0 Å². The standard InChI is InChI=1S/C14H21NO3/c1-5-11-8-6-7-9-12(11)13(16)15-10(2)14(17-3)18-4/h6-10,14H,5H2,1-4H3,(H,15,16). The molecule has 4 heteroatoms. The molecular weight excluding hydrogens is 230 g/mol. The maximum Gasteiger partial charge on any atom is 0.251 e. The number of methoxy groups -OCH3 is 2. The van der Waals surface area contributed by atoms with Gasteiger partial charge in [0.05, 0.1) is 6.04 Å². The minimum absolute atomic E-state index is 0.0981. The number of carbonyl (C=O) groups excluding carboxylic acids is 1. The first-order chi connectivity index (χ1) is 8.63. The molecule has 0 bridgehead atoms. The molecule has 100 valence electrons. The fourth-order valence-electron chi connectivity index (χ4n) is 1.91. The average Bonchev–Trinajstić information content (AvgIpc) is 2.40. The van der Waals surface area contributed by atoms with E-state index in [0.29, 0.717) is 5.56 Å². The third kappa shape index (κ3) is 3.55. The van der Waals surface area contributed by atoms with Crippen LogP contribution in [-0.2, 0) is 15.9 Å². The molecule has 0 radical (unpaired) electrons. The summed E-state index contributed by atoms with van der Waals surface area (Å²) < 4.78 is 10.2. The van der Waals surface area contributed by atoms with Crippen LogP contribution >= 0.6 is 0 Å². The quantitative estimate of drug-likeness (QED) is 0.786. The summed E-state index contributed by atoms with van der Waals surface area (Å²) in [6, 6.07) is 7.38. The molecule has 0 aliphatic heterocycles. The molecule has 0 heterocycles. The van der Waals surface area contributed by atoms with Crippen LogP contribution in [0.15, 0.2) is 24.3 Å². The van der Waals surface area contributed by atoms with Crippen LogP contribution in [0.2, 0.25) is 0 Å². The van der Waals surface area contributed by atoms with E-state index >= 15 is 0 Å². The van der Waals surface area contributed by atoms with Crippen molar-refractivity contribution in [3.63, 3.8) is 0 Å². The Hall–Kier alpha value is -1.39. The number of rotatable bonds is 6. The molecule has 1 rings (SSSR count). The second-order valence-electron chi connectivity index (χ2n) is 4.11. The van der Waals surface area contributed by atoms with Crippen molar-refractivity contribution in [1.82, 2.24) is 5.32 Å². The molecule has 0 saturated heterocycles. The van der Waals surface area contributed by atoms with Gasteiger partial charge in [-0.1, -0.05) is 25.1 Å². The van der Waals surface area contributed by atoms with E-state index in [1.54, 1.807) is 14.2 Å². The van der Waals surface area contributed by atoms with Crippen LogP contribution < -0.4 is 5.32 Å². The van der Waals surface area contributed by atoms with E-state index in [1.165, 1.54) is 0 Å². The highest BCUT2D eigenvalue weighted by molar-refractivity contribution is 5.95. The maximum atomic E-state index is 12.1. The largest absolute Gasteiger partial charge is 0.354 e. The summed E-state index contributed by atoms with van der Waals surface area (Å²) in [6.07, 6.45) is 0.387. The van der Waals surface area contributed by atoms with Crippen molar-refractivity contribution in [1.29, 1.82) is 0 Å². The van der Waals surface area contributed by atoms with Gasteiger partial charge in [0, 0.05) is 19.8 Å². The third-order valence-electron chi connectivity index (χ3n) is 2.87. The Balaban J connectivity index is 2.76. The van der Waals surface area contributed by atoms with E-state index in [4.69, 9.17) is 9.47 Å². The molecule has 0 spiro atoms. The van der Waals surface area contributed by atoms with Crippen molar-refractivity contribution in [2.45, 2.75) is 32.6 Å². The smallest absolute Gasteiger partial charge is 0.251 e. The SMILES string of the molecule is CCc1ccccc1C(=O)NC(C)C(OC)OC. The Labute approximate surface area is 108 Å². The van der Waals surface area contributed by atoms with E-state index < -0.39 is 6.29 Å². The number of benzene rings is 1. The molecule has 1 aromatic carbocycles. The van der Waals surface area contributed by atoms with Gasteiger partial charge >= 0.3 is 0 Å². The summed E-state index contributed by atoms with van der Waals surface area (Å²) >= 11 is 0. The molecule has 0 saturated carbocycles. The van der Waals surface area contributed by atoms with Crippen LogP contribution in [0.5, 0.6) is 0 Å². The Morgan fingerprint density at radius 3 is 2.44 bits per heavy atom. The molecule has 0 aliphatic carbocycles. The first kappa shape index (κ1) is 14.7. The number of amides is 1. The predicted molar refractivity (Wildman–Crippen MR) is 70.6 cm³/mol. The van der Waals surface area contributed by atoms with Crippen molar-refractivity contribution >= 4 is 5.91 Å². The molecule has 1 atom stereocenters. The van der Waals surface area contributed by atoms with E-state index in [9.17, 15) is 4.79 Å². The van der Waals surface area contributed by atoms with Crippen LogP contribution in [0, 0.1) is 0 Å². The lowest BCUT2D eigenvalue weighted by Crippen LogP contribution is -2.43. The summed E-state index contributed by atoms with van der Waals surface area (Å²) in [5.41, 5.74) is 1.74. The molecule has 0 aliphatic rings. The zero-order chi connectivity index (χ0) is 13.5. The number of hydrogen-bond donors (Lipinski definition) is 1. The topological polar surface area (TPSA) is 47.6 Å². The highest BCUT2D eigenvalue weighted by Crippen LogP contribution is 2.10. The summed E-state index contributed by atoms with van der Waals surface area (Å²) in [5.74, 6) is -0.0981. The van der Waals surface area contributed by atoms with Gasteiger partial charge in [-0.3, -0.25) is 4.79 Å². The Morgan fingerprint density at radius 2 is 1.89 bits per heavy atom. The Morgan fingerprint density at radius 1 is 1.28 bits per heavy atom. The van der Waals surface area contributed by atoms with Gasteiger partial charge < -0.3 is 14.8 Å². The summed E-state index contributed by atoms with van der Waals surface area (Å²) in [5, 5.41) is 2.88. The summed E-state index contributed by atoms with van der Waals surface area (Å²) in [7, 11) is 3.10. The van der Waals surface area contributed by atoms with Crippen molar-refractivity contribution in [2.75, 3.05) is 14.2 Å². The molecule has 0 fully saturated rings.